The molecule has 9 heteroatoms. The summed E-state index contributed by atoms with van der Waals surface area (Å²) in [5.41, 5.74) is 5.81. The highest BCUT2D eigenvalue weighted by Crippen LogP contribution is 2.29. The zero-order chi connectivity index (χ0) is 23.5. The van der Waals surface area contributed by atoms with E-state index in [1.165, 1.54) is 14.2 Å². The van der Waals surface area contributed by atoms with Gasteiger partial charge in [-0.25, -0.2) is 10.2 Å². The lowest BCUT2D eigenvalue weighted by Gasteiger charge is -2.14. The Balaban J connectivity index is 1.86. The first-order valence-electron chi connectivity index (χ1n) is 10.2. The lowest BCUT2D eigenvalue weighted by molar-refractivity contribution is 0.0936. The van der Waals surface area contributed by atoms with Gasteiger partial charge in [0.1, 0.15) is 0 Å². The molecule has 0 spiro atoms. The minimum atomic E-state index is -0.561. The Labute approximate surface area is 188 Å². The molecule has 0 fully saturated rings. The Bertz CT molecular complexity index is 917. The molecule has 0 saturated carbocycles. The van der Waals surface area contributed by atoms with Crippen molar-refractivity contribution >= 4 is 11.9 Å². The largest absolute Gasteiger partial charge is 0.493 e. The molecule has 0 aliphatic rings. The average molecular weight is 446 g/mol. The van der Waals surface area contributed by atoms with Crippen molar-refractivity contribution in [1.29, 1.82) is 0 Å². The van der Waals surface area contributed by atoms with E-state index in [4.69, 9.17) is 18.9 Å². The quantitative estimate of drug-likeness (QED) is 0.485. The van der Waals surface area contributed by atoms with Crippen molar-refractivity contribution in [2.75, 3.05) is 27.9 Å². The number of rotatable bonds is 10. The topological polar surface area (TPSA) is 107 Å². The number of ether oxygens (including phenoxy) is 4. The molecule has 9 nitrogen and oxygen atoms in total. The van der Waals surface area contributed by atoms with Gasteiger partial charge < -0.3 is 24.3 Å². The smallest absolute Gasteiger partial charge is 0.333 e. The monoisotopic (exact) mass is 445 g/mol. The third kappa shape index (κ3) is 7.26. The number of amides is 3. The molecular formula is C23H31N3O6. The summed E-state index contributed by atoms with van der Waals surface area (Å²) in [5.74, 6) is 2.20. The van der Waals surface area contributed by atoms with Crippen molar-refractivity contribution < 1.29 is 28.5 Å². The zero-order valence-corrected chi connectivity index (χ0v) is 19.1. The highest BCUT2D eigenvalue weighted by molar-refractivity contribution is 5.95. The van der Waals surface area contributed by atoms with Crippen LogP contribution in [0.2, 0.25) is 0 Å². The number of carbonyl (C=O) groups is 2. The van der Waals surface area contributed by atoms with Crippen LogP contribution < -0.4 is 35.1 Å². The van der Waals surface area contributed by atoms with Crippen LogP contribution in [0.15, 0.2) is 36.4 Å². The number of methoxy groups -OCH3 is 3. The van der Waals surface area contributed by atoms with E-state index in [9.17, 15) is 9.59 Å². The third-order valence-electron chi connectivity index (χ3n) is 4.57. The fourth-order valence-electron chi connectivity index (χ4n) is 2.74. The van der Waals surface area contributed by atoms with Crippen molar-refractivity contribution in [3.63, 3.8) is 0 Å². The molecule has 0 radical (unpaired) electrons. The molecule has 32 heavy (non-hydrogen) atoms. The second kappa shape index (κ2) is 12.3. The predicted octanol–water partition coefficient (Wildman–Crippen LogP) is 3.28. The van der Waals surface area contributed by atoms with Gasteiger partial charge in [0.05, 0.1) is 27.9 Å². The molecule has 0 heterocycles. The van der Waals surface area contributed by atoms with Crippen LogP contribution in [0.5, 0.6) is 23.0 Å². The van der Waals surface area contributed by atoms with Crippen LogP contribution in [0.4, 0.5) is 4.79 Å². The van der Waals surface area contributed by atoms with E-state index in [1.807, 2.05) is 0 Å². The van der Waals surface area contributed by atoms with Gasteiger partial charge in [0.25, 0.3) is 5.91 Å². The second-order valence-corrected chi connectivity index (χ2v) is 7.35. The lowest BCUT2D eigenvalue weighted by Crippen LogP contribution is -2.46. The van der Waals surface area contributed by atoms with Crippen molar-refractivity contribution in [3.05, 3.63) is 47.5 Å². The Hall–Kier alpha value is -3.62. The number of hydrogen-bond acceptors (Lipinski definition) is 6. The number of carbonyl (C=O) groups excluding carboxylic acids is 2. The molecular weight excluding hydrogens is 414 g/mol. The standard InChI is InChI=1S/C23H31N3O6/c1-15(2)10-11-32-19-9-7-17(13-21(19)31-5)22(27)25-26-23(28)24-14-16-6-8-18(29-3)20(12-16)30-4/h6-9,12-13,15H,10-11,14H2,1-5H3,(H,25,27)(H2,24,26,28). The van der Waals surface area contributed by atoms with Crippen LogP contribution in [0.25, 0.3) is 0 Å². The summed E-state index contributed by atoms with van der Waals surface area (Å²) in [6.07, 6.45) is 0.910. The summed E-state index contributed by atoms with van der Waals surface area (Å²) in [4.78, 5) is 24.4. The summed E-state index contributed by atoms with van der Waals surface area (Å²) in [7, 11) is 4.59. The van der Waals surface area contributed by atoms with E-state index in [-0.39, 0.29) is 6.54 Å². The lowest BCUT2D eigenvalue weighted by atomic mass is 10.1. The fourth-order valence-corrected chi connectivity index (χ4v) is 2.74. The van der Waals surface area contributed by atoms with E-state index in [0.717, 1.165) is 12.0 Å². The van der Waals surface area contributed by atoms with Gasteiger partial charge in [-0.1, -0.05) is 19.9 Å². The summed E-state index contributed by atoms with van der Waals surface area (Å²) in [6.45, 7) is 5.02. The average Bonchev–Trinajstić information content (AvgIpc) is 2.80. The Morgan fingerprint density at radius 2 is 1.50 bits per heavy atom. The van der Waals surface area contributed by atoms with Crippen LogP contribution in [-0.4, -0.2) is 39.9 Å². The molecule has 3 N–H and O–H groups in total. The molecule has 0 atom stereocenters. The number of benzene rings is 2. The highest BCUT2D eigenvalue weighted by Gasteiger charge is 2.13. The highest BCUT2D eigenvalue weighted by atomic mass is 16.5. The van der Waals surface area contributed by atoms with Gasteiger partial charge in [-0.15, -0.1) is 0 Å². The maximum Gasteiger partial charge on any atom is 0.333 e. The van der Waals surface area contributed by atoms with Crippen LogP contribution in [0.3, 0.4) is 0 Å². The SMILES string of the molecule is COc1ccc(CNC(=O)NNC(=O)c2ccc(OCCC(C)C)c(OC)c2)cc1OC. The third-order valence-corrected chi connectivity index (χ3v) is 4.57. The van der Waals surface area contributed by atoms with Crippen LogP contribution >= 0.6 is 0 Å². The van der Waals surface area contributed by atoms with Gasteiger partial charge in [0.2, 0.25) is 0 Å². The van der Waals surface area contributed by atoms with Gasteiger partial charge in [0, 0.05) is 12.1 Å². The Morgan fingerprint density at radius 1 is 0.844 bits per heavy atom. The van der Waals surface area contributed by atoms with E-state index in [2.05, 4.69) is 30.0 Å². The first-order valence-corrected chi connectivity index (χ1v) is 10.2. The Morgan fingerprint density at radius 3 is 2.16 bits per heavy atom. The molecule has 3 amide bonds. The molecule has 0 aliphatic carbocycles. The number of urea groups is 1. The van der Waals surface area contributed by atoms with E-state index in [0.29, 0.717) is 41.1 Å². The minimum Gasteiger partial charge on any atom is -0.493 e. The maximum absolute atomic E-state index is 12.4. The first kappa shape index (κ1) is 24.6. The van der Waals surface area contributed by atoms with Crippen molar-refractivity contribution in [2.24, 2.45) is 5.92 Å². The molecule has 2 rings (SSSR count). The van der Waals surface area contributed by atoms with Gasteiger partial charge in [0.15, 0.2) is 23.0 Å². The van der Waals surface area contributed by atoms with Crippen molar-refractivity contribution in [3.8, 4) is 23.0 Å². The van der Waals surface area contributed by atoms with E-state index in [1.54, 1.807) is 43.5 Å². The molecule has 0 bridgehead atoms. The van der Waals surface area contributed by atoms with Crippen LogP contribution in [0, 0.1) is 5.92 Å². The molecule has 0 unspecified atom stereocenters. The molecule has 0 aliphatic heterocycles. The molecule has 0 aromatic heterocycles. The molecule has 0 saturated heterocycles. The number of hydrazine groups is 1. The van der Waals surface area contributed by atoms with Crippen molar-refractivity contribution in [1.82, 2.24) is 16.2 Å². The predicted molar refractivity (Wildman–Crippen MR) is 120 cm³/mol. The number of hydrogen-bond donors (Lipinski definition) is 3. The summed E-state index contributed by atoms with van der Waals surface area (Å²) in [5, 5.41) is 2.65. The second-order valence-electron chi connectivity index (χ2n) is 7.35. The zero-order valence-electron chi connectivity index (χ0n) is 19.1. The van der Waals surface area contributed by atoms with Gasteiger partial charge in [-0.3, -0.25) is 10.2 Å². The Kier molecular flexibility index (Phi) is 9.46. The van der Waals surface area contributed by atoms with Gasteiger partial charge in [-0.05, 0) is 48.2 Å². The molecule has 174 valence electrons. The van der Waals surface area contributed by atoms with Crippen LogP contribution in [-0.2, 0) is 6.54 Å². The normalized spacial score (nSPS) is 10.3. The number of nitrogens with one attached hydrogen (secondary N) is 3. The van der Waals surface area contributed by atoms with Gasteiger partial charge >= 0.3 is 6.03 Å². The maximum atomic E-state index is 12.4. The van der Waals surface area contributed by atoms with E-state index < -0.39 is 11.9 Å². The van der Waals surface area contributed by atoms with Gasteiger partial charge in [-0.2, -0.15) is 0 Å². The van der Waals surface area contributed by atoms with Crippen molar-refractivity contribution in [2.45, 2.75) is 26.8 Å². The summed E-state index contributed by atoms with van der Waals surface area (Å²) >= 11 is 0. The summed E-state index contributed by atoms with van der Waals surface area (Å²) in [6, 6.07) is 9.58. The minimum absolute atomic E-state index is 0.234. The van der Waals surface area contributed by atoms with Crippen LogP contribution in [0.1, 0.15) is 36.2 Å². The molecule has 2 aromatic carbocycles. The molecule has 2 aromatic rings. The fraction of sp³-hybridized carbons (Fsp3) is 0.391. The summed E-state index contributed by atoms with van der Waals surface area (Å²) < 4.78 is 21.5. The first-order chi connectivity index (χ1) is 15.4. The van der Waals surface area contributed by atoms with E-state index >= 15 is 0 Å².